The van der Waals surface area contributed by atoms with Gasteiger partial charge in [0.25, 0.3) is 0 Å². The van der Waals surface area contributed by atoms with E-state index in [1.807, 2.05) is 55.5 Å². The van der Waals surface area contributed by atoms with E-state index in [9.17, 15) is 0 Å². The van der Waals surface area contributed by atoms with Crippen LogP contribution in [-0.2, 0) is 13.2 Å². The van der Waals surface area contributed by atoms with Gasteiger partial charge in [-0.25, -0.2) is 0 Å². The molecule has 2 aromatic rings. The van der Waals surface area contributed by atoms with Crippen LogP contribution in [0, 0.1) is 0 Å². The second kappa shape index (κ2) is 6.81. The summed E-state index contributed by atoms with van der Waals surface area (Å²) in [6.07, 6.45) is 0. The minimum absolute atomic E-state index is 0.528. The highest BCUT2D eigenvalue weighted by Crippen LogP contribution is 2.16. The highest BCUT2D eigenvalue weighted by molar-refractivity contribution is 5.30. The summed E-state index contributed by atoms with van der Waals surface area (Å²) in [5, 5.41) is 0. The molecule has 19 heavy (non-hydrogen) atoms. The van der Waals surface area contributed by atoms with E-state index < -0.39 is 0 Å². The molecule has 0 atom stereocenters. The Kier molecular flexibility index (Phi) is 4.81. The van der Waals surface area contributed by atoms with Crippen molar-refractivity contribution in [1.82, 2.24) is 0 Å². The number of ether oxygens (including phenoxy) is 2. The second-order valence-corrected chi connectivity index (χ2v) is 4.22. The first-order chi connectivity index (χ1) is 9.31. The average molecular weight is 257 g/mol. The molecule has 0 aromatic heterocycles. The predicted molar refractivity (Wildman–Crippen MR) is 76.3 cm³/mol. The first kappa shape index (κ1) is 13.4. The highest BCUT2D eigenvalue weighted by Gasteiger charge is 1.98. The maximum atomic E-state index is 5.74. The lowest BCUT2D eigenvalue weighted by Gasteiger charge is -2.08. The minimum atomic E-state index is 0.528. The quantitative estimate of drug-likeness (QED) is 0.864. The van der Waals surface area contributed by atoms with E-state index in [0.717, 1.165) is 22.6 Å². The van der Waals surface area contributed by atoms with Gasteiger partial charge in [-0.05, 0) is 42.3 Å². The van der Waals surface area contributed by atoms with Crippen LogP contribution in [0.3, 0.4) is 0 Å². The monoisotopic (exact) mass is 257 g/mol. The molecule has 3 nitrogen and oxygen atoms in total. The first-order valence-electron chi connectivity index (χ1n) is 6.45. The van der Waals surface area contributed by atoms with Gasteiger partial charge in [0.05, 0.1) is 6.61 Å². The van der Waals surface area contributed by atoms with Crippen LogP contribution in [0.5, 0.6) is 11.5 Å². The Morgan fingerprint density at radius 1 is 0.895 bits per heavy atom. The third-order valence-electron chi connectivity index (χ3n) is 2.77. The molecule has 2 rings (SSSR count). The summed E-state index contributed by atoms with van der Waals surface area (Å²) >= 11 is 0. The van der Waals surface area contributed by atoms with Crippen molar-refractivity contribution in [3.8, 4) is 11.5 Å². The number of rotatable bonds is 6. The summed E-state index contributed by atoms with van der Waals surface area (Å²) in [5.74, 6) is 1.73. The zero-order valence-electron chi connectivity index (χ0n) is 11.1. The lowest BCUT2D eigenvalue weighted by atomic mass is 10.2. The molecule has 0 aliphatic heterocycles. The molecule has 0 spiro atoms. The van der Waals surface area contributed by atoms with Crippen molar-refractivity contribution in [2.24, 2.45) is 5.73 Å². The molecule has 0 unspecified atom stereocenters. The maximum Gasteiger partial charge on any atom is 0.120 e. The number of nitrogens with two attached hydrogens (primary N) is 1. The molecule has 100 valence electrons. The lowest BCUT2D eigenvalue weighted by molar-refractivity contribution is 0.305. The molecule has 0 radical (unpaired) electrons. The highest BCUT2D eigenvalue weighted by atomic mass is 16.5. The van der Waals surface area contributed by atoms with E-state index in [4.69, 9.17) is 15.2 Å². The molecule has 0 bridgehead atoms. The Morgan fingerprint density at radius 3 is 2.37 bits per heavy atom. The molecule has 0 saturated carbocycles. The Balaban J connectivity index is 1.94. The molecular formula is C16H19NO2. The Hall–Kier alpha value is -2.00. The summed E-state index contributed by atoms with van der Waals surface area (Å²) in [6, 6.07) is 15.8. The smallest absolute Gasteiger partial charge is 0.120 e. The molecule has 2 aromatic carbocycles. The van der Waals surface area contributed by atoms with Gasteiger partial charge in [0.2, 0.25) is 0 Å². The topological polar surface area (TPSA) is 44.5 Å². The van der Waals surface area contributed by atoms with Crippen LogP contribution in [0.25, 0.3) is 0 Å². The summed E-state index contributed by atoms with van der Waals surface area (Å²) in [7, 11) is 0. The molecule has 0 saturated heterocycles. The van der Waals surface area contributed by atoms with Crippen LogP contribution in [0.4, 0.5) is 0 Å². The summed E-state index contributed by atoms with van der Waals surface area (Å²) in [4.78, 5) is 0. The van der Waals surface area contributed by atoms with Crippen LogP contribution >= 0.6 is 0 Å². The third-order valence-corrected chi connectivity index (χ3v) is 2.77. The van der Waals surface area contributed by atoms with Gasteiger partial charge in [0.15, 0.2) is 0 Å². The van der Waals surface area contributed by atoms with E-state index in [2.05, 4.69) is 0 Å². The van der Waals surface area contributed by atoms with E-state index in [0.29, 0.717) is 19.8 Å². The van der Waals surface area contributed by atoms with Crippen LogP contribution in [0.15, 0.2) is 48.5 Å². The fourth-order valence-corrected chi connectivity index (χ4v) is 1.78. The van der Waals surface area contributed by atoms with Gasteiger partial charge in [-0.2, -0.15) is 0 Å². The van der Waals surface area contributed by atoms with Crippen molar-refractivity contribution in [2.45, 2.75) is 20.1 Å². The normalized spacial score (nSPS) is 10.2. The van der Waals surface area contributed by atoms with Crippen molar-refractivity contribution in [3.05, 3.63) is 59.7 Å². The lowest BCUT2D eigenvalue weighted by Crippen LogP contribution is -1.99. The number of hydrogen-bond acceptors (Lipinski definition) is 3. The Morgan fingerprint density at radius 2 is 1.68 bits per heavy atom. The standard InChI is InChI=1S/C16H19NO2/c1-2-18-15-8-6-13(7-9-15)12-19-16-5-3-4-14(10-16)11-17/h3-10H,2,11-12,17H2,1H3. The number of benzene rings is 2. The Labute approximate surface area is 114 Å². The second-order valence-electron chi connectivity index (χ2n) is 4.22. The molecule has 0 fully saturated rings. The first-order valence-corrected chi connectivity index (χ1v) is 6.45. The zero-order chi connectivity index (χ0) is 13.5. The molecular weight excluding hydrogens is 238 g/mol. The van der Waals surface area contributed by atoms with Gasteiger partial charge in [-0.1, -0.05) is 24.3 Å². The van der Waals surface area contributed by atoms with Gasteiger partial charge in [-0.15, -0.1) is 0 Å². The van der Waals surface area contributed by atoms with E-state index in [1.165, 1.54) is 0 Å². The van der Waals surface area contributed by atoms with Crippen LogP contribution in [-0.4, -0.2) is 6.61 Å². The van der Waals surface area contributed by atoms with E-state index in [-0.39, 0.29) is 0 Å². The molecule has 0 amide bonds. The fourth-order valence-electron chi connectivity index (χ4n) is 1.78. The number of hydrogen-bond donors (Lipinski definition) is 1. The zero-order valence-corrected chi connectivity index (χ0v) is 11.1. The van der Waals surface area contributed by atoms with Gasteiger partial charge in [0, 0.05) is 6.54 Å². The summed E-state index contributed by atoms with van der Waals surface area (Å²) in [6.45, 7) is 3.73. The van der Waals surface area contributed by atoms with Gasteiger partial charge in [0.1, 0.15) is 18.1 Å². The van der Waals surface area contributed by atoms with Crippen LogP contribution < -0.4 is 15.2 Å². The van der Waals surface area contributed by atoms with Crippen molar-refractivity contribution in [2.75, 3.05) is 6.61 Å². The summed E-state index contributed by atoms with van der Waals surface area (Å²) in [5.41, 5.74) is 7.79. The van der Waals surface area contributed by atoms with Crippen molar-refractivity contribution >= 4 is 0 Å². The van der Waals surface area contributed by atoms with E-state index >= 15 is 0 Å². The molecule has 2 N–H and O–H groups in total. The van der Waals surface area contributed by atoms with Crippen LogP contribution in [0.1, 0.15) is 18.1 Å². The Bertz CT molecular complexity index is 508. The predicted octanol–water partition coefficient (Wildman–Crippen LogP) is 3.12. The average Bonchev–Trinajstić information content (AvgIpc) is 2.47. The largest absolute Gasteiger partial charge is 0.494 e. The summed E-state index contributed by atoms with van der Waals surface area (Å²) < 4.78 is 11.1. The SMILES string of the molecule is CCOc1ccc(COc2cccc(CN)c2)cc1. The fraction of sp³-hybridized carbons (Fsp3) is 0.250. The van der Waals surface area contributed by atoms with Gasteiger partial charge < -0.3 is 15.2 Å². The van der Waals surface area contributed by atoms with Crippen molar-refractivity contribution in [1.29, 1.82) is 0 Å². The minimum Gasteiger partial charge on any atom is -0.494 e. The van der Waals surface area contributed by atoms with Gasteiger partial charge in [-0.3, -0.25) is 0 Å². The van der Waals surface area contributed by atoms with Crippen molar-refractivity contribution in [3.63, 3.8) is 0 Å². The molecule has 0 aliphatic carbocycles. The van der Waals surface area contributed by atoms with Gasteiger partial charge >= 0.3 is 0 Å². The van der Waals surface area contributed by atoms with E-state index in [1.54, 1.807) is 0 Å². The molecule has 0 heterocycles. The van der Waals surface area contributed by atoms with Crippen molar-refractivity contribution < 1.29 is 9.47 Å². The third kappa shape index (κ3) is 4.00. The molecule has 3 heteroatoms. The maximum absolute atomic E-state index is 5.74. The van der Waals surface area contributed by atoms with Crippen LogP contribution in [0.2, 0.25) is 0 Å². The molecule has 0 aliphatic rings.